The van der Waals surface area contributed by atoms with E-state index in [9.17, 15) is 4.79 Å². The van der Waals surface area contributed by atoms with E-state index in [0.29, 0.717) is 13.0 Å². The van der Waals surface area contributed by atoms with Crippen LogP contribution in [0, 0.1) is 5.92 Å². The lowest BCUT2D eigenvalue weighted by Crippen LogP contribution is -2.45. The predicted molar refractivity (Wildman–Crippen MR) is 75.9 cm³/mol. The second-order valence-electron chi connectivity index (χ2n) is 5.95. The molecule has 0 amide bonds. The Labute approximate surface area is 117 Å². The molecule has 0 radical (unpaired) electrons. The Morgan fingerprint density at radius 2 is 1.89 bits per heavy atom. The van der Waals surface area contributed by atoms with Crippen LogP contribution in [0.15, 0.2) is 0 Å². The topological polar surface area (TPSA) is 61.5 Å². The number of rotatable bonds is 7. The smallest absolute Gasteiger partial charge is 0.325 e. The van der Waals surface area contributed by atoms with E-state index in [4.69, 9.17) is 10.5 Å². The molecular formula is C15H29NO3. The maximum absolute atomic E-state index is 11.4. The quantitative estimate of drug-likeness (QED) is 0.439. The average molecular weight is 271 g/mol. The Morgan fingerprint density at radius 3 is 2.47 bits per heavy atom. The first kappa shape index (κ1) is 16.4. The number of hydrogen-bond donors (Lipinski definition) is 1. The summed E-state index contributed by atoms with van der Waals surface area (Å²) in [5.74, 6) is 0.378. The number of carbonyl (C=O) groups excluding carboxylic acids is 1. The van der Waals surface area contributed by atoms with Gasteiger partial charge in [0.25, 0.3) is 0 Å². The van der Waals surface area contributed by atoms with Crippen LogP contribution in [0.1, 0.15) is 58.3 Å². The third-order valence-corrected chi connectivity index (χ3v) is 3.96. The van der Waals surface area contributed by atoms with Crippen molar-refractivity contribution in [3.63, 3.8) is 0 Å². The van der Waals surface area contributed by atoms with E-state index in [0.717, 1.165) is 18.9 Å². The summed E-state index contributed by atoms with van der Waals surface area (Å²) in [4.78, 5) is 11.4. The van der Waals surface area contributed by atoms with E-state index < -0.39 is 5.54 Å². The first-order valence-corrected chi connectivity index (χ1v) is 7.51. The van der Waals surface area contributed by atoms with Crippen molar-refractivity contribution in [3.8, 4) is 0 Å². The van der Waals surface area contributed by atoms with E-state index in [-0.39, 0.29) is 5.97 Å². The molecule has 0 bridgehead atoms. The fraction of sp³-hybridized carbons (Fsp3) is 0.933. The first-order valence-electron chi connectivity index (χ1n) is 7.51. The van der Waals surface area contributed by atoms with Crippen LogP contribution in [-0.4, -0.2) is 31.8 Å². The fourth-order valence-corrected chi connectivity index (χ4v) is 2.66. The third kappa shape index (κ3) is 6.39. The molecule has 1 aliphatic rings. The minimum Gasteiger partial charge on any atom is -0.468 e. The monoisotopic (exact) mass is 271 g/mol. The SMILES string of the molecule is COC(=O)C(C)(N)CCCOCC1CCCCCC1. The maximum Gasteiger partial charge on any atom is 0.325 e. The Balaban J connectivity index is 2.08. The van der Waals surface area contributed by atoms with Crippen molar-refractivity contribution >= 4 is 5.97 Å². The zero-order valence-corrected chi connectivity index (χ0v) is 12.5. The highest BCUT2D eigenvalue weighted by atomic mass is 16.5. The van der Waals surface area contributed by atoms with Gasteiger partial charge in [0, 0.05) is 13.2 Å². The molecule has 0 aromatic rings. The van der Waals surface area contributed by atoms with E-state index >= 15 is 0 Å². The van der Waals surface area contributed by atoms with Gasteiger partial charge >= 0.3 is 5.97 Å². The van der Waals surface area contributed by atoms with E-state index in [1.807, 2.05) is 0 Å². The molecule has 0 aromatic heterocycles. The maximum atomic E-state index is 11.4. The highest BCUT2D eigenvalue weighted by Crippen LogP contribution is 2.23. The van der Waals surface area contributed by atoms with Crippen molar-refractivity contribution < 1.29 is 14.3 Å². The van der Waals surface area contributed by atoms with Gasteiger partial charge in [-0.1, -0.05) is 25.7 Å². The van der Waals surface area contributed by atoms with E-state index in [1.54, 1.807) is 6.92 Å². The number of esters is 1. The molecule has 1 atom stereocenters. The zero-order chi connectivity index (χ0) is 14.1. The van der Waals surface area contributed by atoms with Crippen LogP contribution in [0.4, 0.5) is 0 Å². The van der Waals surface area contributed by atoms with Gasteiger partial charge in [0.05, 0.1) is 7.11 Å². The zero-order valence-electron chi connectivity index (χ0n) is 12.5. The molecule has 19 heavy (non-hydrogen) atoms. The Kier molecular flexibility index (Phi) is 7.39. The summed E-state index contributed by atoms with van der Waals surface area (Å²) in [7, 11) is 1.37. The molecule has 0 aromatic carbocycles. The van der Waals surface area contributed by atoms with E-state index in [1.165, 1.54) is 45.6 Å². The predicted octanol–water partition coefficient (Wildman–Crippen LogP) is 2.64. The second kappa shape index (κ2) is 8.54. The minimum absolute atomic E-state index is 0.351. The minimum atomic E-state index is -0.888. The normalized spacial score (nSPS) is 20.6. The standard InChI is InChI=1S/C15H29NO3/c1-15(16,14(17)18-2)10-7-11-19-12-13-8-5-3-4-6-9-13/h13H,3-12,16H2,1-2H3. The molecule has 0 aliphatic heterocycles. The Hall–Kier alpha value is -0.610. The second-order valence-corrected chi connectivity index (χ2v) is 5.95. The number of nitrogens with two attached hydrogens (primary N) is 1. The van der Waals surface area contributed by atoms with Crippen LogP contribution in [0.2, 0.25) is 0 Å². The highest BCUT2D eigenvalue weighted by molar-refractivity contribution is 5.79. The summed E-state index contributed by atoms with van der Waals surface area (Å²) in [5.41, 5.74) is 5.00. The average Bonchev–Trinajstić information content (AvgIpc) is 2.66. The molecule has 2 N–H and O–H groups in total. The van der Waals surface area contributed by atoms with Gasteiger partial charge in [0.15, 0.2) is 0 Å². The van der Waals surface area contributed by atoms with Crippen LogP contribution in [0.3, 0.4) is 0 Å². The third-order valence-electron chi connectivity index (χ3n) is 3.96. The number of hydrogen-bond acceptors (Lipinski definition) is 4. The molecule has 0 spiro atoms. The van der Waals surface area contributed by atoms with Gasteiger partial charge in [-0.2, -0.15) is 0 Å². The summed E-state index contributed by atoms with van der Waals surface area (Å²) in [6, 6.07) is 0. The Bertz CT molecular complexity index is 258. The number of methoxy groups -OCH3 is 1. The highest BCUT2D eigenvalue weighted by Gasteiger charge is 2.28. The molecule has 4 nitrogen and oxygen atoms in total. The molecule has 0 heterocycles. The molecule has 0 saturated heterocycles. The largest absolute Gasteiger partial charge is 0.468 e. The van der Waals surface area contributed by atoms with Crippen molar-refractivity contribution in [2.75, 3.05) is 20.3 Å². The summed E-state index contributed by atoms with van der Waals surface area (Å²) >= 11 is 0. The van der Waals surface area contributed by atoms with Gasteiger partial charge in [0.1, 0.15) is 5.54 Å². The first-order chi connectivity index (χ1) is 9.06. The van der Waals surface area contributed by atoms with Crippen LogP contribution in [-0.2, 0) is 14.3 Å². The summed E-state index contributed by atoms with van der Waals surface area (Å²) in [5, 5.41) is 0. The molecule has 1 rings (SSSR count). The lowest BCUT2D eigenvalue weighted by Gasteiger charge is -2.21. The van der Waals surface area contributed by atoms with Gasteiger partial charge in [-0.25, -0.2) is 0 Å². The number of carbonyl (C=O) groups is 1. The molecule has 112 valence electrons. The lowest BCUT2D eigenvalue weighted by molar-refractivity contribution is -0.146. The molecule has 1 aliphatic carbocycles. The Morgan fingerprint density at radius 1 is 1.26 bits per heavy atom. The van der Waals surface area contributed by atoms with Gasteiger partial charge in [-0.3, -0.25) is 4.79 Å². The molecule has 1 unspecified atom stereocenters. The number of ether oxygens (including phenoxy) is 2. The summed E-state index contributed by atoms with van der Waals surface area (Å²) in [6.45, 7) is 3.25. The van der Waals surface area contributed by atoms with Crippen molar-refractivity contribution in [3.05, 3.63) is 0 Å². The van der Waals surface area contributed by atoms with Gasteiger partial charge in [-0.15, -0.1) is 0 Å². The fourth-order valence-electron chi connectivity index (χ4n) is 2.66. The summed E-state index contributed by atoms with van der Waals surface area (Å²) in [6.07, 6.45) is 9.45. The van der Waals surface area contributed by atoms with Crippen molar-refractivity contribution in [2.45, 2.75) is 63.8 Å². The molecule has 4 heteroatoms. The van der Waals surface area contributed by atoms with Gasteiger partial charge in [-0.05, 0) is 38.5 Å². The van der Waals surface area contributed by atoms with Gasteiger partial charge in [0.2, 0.25) is 0 Å². The van der Waals surface area contributed by atoms with Gasteiger partial charge < -0.3 is 15.2 Å². The van der Waals surface area contributed by atoms with E-state index in [2.05, 4.69) is 4.74 Å². The summed E-state index contributed by atoms with van der Waals surface area (Å²) < 4.78 is 10.4. The van der Waals surface area contributed by atoms with Crippen LogP contribution in [0.5, 0.6) is 0 Å². The van der Waals surface area contributed by atoms with Crippen LogP contribution in [0.25, 0.3) is 0 Å². The van der Waals surface area contributed by atoms with Crippen molar-refractivity contribution in [2.24, 2.45) is 11.7 Å². The molecule has 1 saturated carbocycles. The van der Waals surface area contributed by atoms with Crippen LogP contribution >= 0.6 is 0 Å². The molecule has 1 fully saturated rings. The van der Waals surface area contributed by atoms with Crippen molar-refractivity contribution in [1.82, 2.24) is 0 Å². The molecular weight excluding hydrogens is 242 g/mol. The van der Waals surface area contributed by atoms with Crippen molar-refractivity contribution in [1.29, 1.82) is 0 Å². The van der Waals surface area contributed by atoms with Crippen LogP contribution < -0.4 is 5.73 Å². The lowest BCUT2D eigenvalue weighted by atomic mass is 9.98.